The lowest BCUT2D eigenvalue weighted by atomic mass is 9.90. The van der Waals surface area contributed by atoms with E-state index in [2.05, 4.69) is 23.7 Å². The molecule has 0 spiro atoms. The Morgan fingerprint density at radius 2 is 2.11 bits per heavy atom. The fourth-order valence-corrected chi connectivity index (χ4v) is 2.75. The highest BCUT2D eigenvalue weighted by Crippen LogP contribution is 2.23. The lowest BCUT2D eigenvalue weighted by Gasteiger charge is -2.38. The minimum absolute atomic E-state index is 0.0747. The van der Waals surface area contributed by atoms with Crippen molar-refractivity contribution < 1.29 is 4.79 Å². The Morgan fingerprint density at radius 3 is 2.61 bits per heavy atom. The summed E-state index contributed by atoms with van der Waals surface area (Å²) in [5.74, 6) is 0.0895. The van der Waals surface area contributed by atoms with E-state index in [0.29, 0.717) is 18.6 Å². The zero-order valence-corrected chi connectivity index (χ0v) is 11.7. The molecule has 0 bridgehead atoms. The van der Waals surface area contributed by atoms with E-state index in [1.807, 2.05) is 6.92 Å². The van der Waals surface area contributed by atoms with E-state index in [0.717, 1.165) is 32.2 Å². The van der Waals surface area contributed by atoms with Crippen molar-refractivity contribution in [2.45, 2.75) is 57.7 Å². The quantitative estimate of drug-likeness (QED) is 0.701. The monoisotopic (exact) mass is 253 g/mol. The normalized spacial score (nSPS) is 25.8. The first-order valence-corrected chi connectivity index (χ1v) is 7.00. The third-order valence-corrected chi connectivity index (χ3v) is 3.87. The maximum atomic E-state index is 12.0. The summed E-state index contributed by atoms with van der Waals surface area (Å²) in [6, 6.07) is 0.776. The van der Waals surface area contributed by atoms with E-state index < -0.39 is 0 Å². The minimum Gasteiger partial charge on any atom is -0.351 e. The van der Waals surface area contributed by atoms with Gasteiger partial charge in [0.15, 0.2) is 0 Å². The molecule has 104 valence electrons. The molecule has 18 heavy (non-hydrogen) atoms. The second-order valence-corrected chi connectivity index (χ2v) is 5.11. The standard InChI is InChI=1S/C14H27N3O/c1-4-10-16-14(18)11(3)17(5-2)13-8-6-12(15)7-9-13/h4,11-13H,1,5-10,15H2,2-3H3,(H,16,18). The third-order valence-electron chi connectivity index (χ3n) is 3.87. The molecule has 1 aliphatic rings. The van der Waals surface area contributed by atoms with Crippen LogP contribution in [0.25, 0.3) is 0 Å². The van der Waals surface area contributed by atoms with Gasteiger partial charge in [-0.05, 0) is 39.2 Å². The van der Waals surface area contributed by atoms with Crippen LogP contribution in [0.4, 0.5) is 0 Å². The number of carbonyl (C=O) groups excluding carboxylic acids is 1. The van der Waals surface area contributed by atoms with Crippen molar-refractivity contribution in [1.29, 1.82) is 0 Å². The van der Waals surface area contributed by atoms with Crippen LogP contribution in [0.5, 0.6) is 0 Å². The van der Waals surface area contributed by atoms with Gasteiger partial charge in [0, 0.05) is 18.6 Å². The number of carbonyl (C=O) groups is 1. The van der Waals surface area contributed by atoms with E-state index >= 15 is 0 Å². The molecule has 1 saturated carbocycles. The first-order valence-electron chi connectivity index (χ1n) is 7.00. The molecule has 0 aromatic heterocycles. The van der Waals surface area contributed by atoms with Gasteiger partial charge < -0.3 is 11.1 Å². The van der Waals surface area contributed by atoms with Crippen molar-refractivity contribution in [2.75, 3.05) is 13.1 Å². The average molecular weight is 253 g/mol. The Balaban J connectivity index is 2.53. The molecular formula is C14H27N3O. The van der Waals surface area contributed by atoms with Gasteiger partial charge in [-0.1, -0.05) is 13.0 Å². The number of hydrogen-bond donors (Lipinski definition) is 2. The fourth-order valence-electron chi connectivity index (χ4n) is 2.75. The van der Waals surface area contributed by atoms with Gasteiger partial charge in [-0.3, -0.25) is 9.69 Å². The predicted octanol–water partition coefficient (Wildman–Crippen LogP) is 1.27. The molecule has 0 aromatic rings. The van der Waals surface area contributed by atoms with Crippen LogP contribution < -0.4 is 11.1 Å². The van der Waals surface area contributed by atoms with Crippen LogP contribution >= 0.6 is 0 Å². The van der Waals surface area contributed by atoms with Crippen LogP contribution in [0.1, 0.15) is 39.5 Å². The highest BCUT2D eigenvalue weighted by atomic mass is 16.2. The first-order chi connectivity index (χ1) is 8.60. The van der Waals surface area contributed by atoms with E-state index in [9.17, 15) is 4.79 Å². The van der Waals surface area contributed by atoms with Crippen molar-refractivity contribution in [3.63, 3.8) is 0 Å². The molecule has 1 amide bonds. The highest BCUT2D eigenvalue weighted by molar-refractivity contribution is 5.81. The molecule has 1 aliphatic carbocycles. The molecule has 0 heterocycles. The van der Waals surface area contributed by atoms with Crippen molar-refractivity contribution in [3.8, 4) is 0 Å². The minimum atomic E-state index is -0.0747. The van der Waals surface area contributed by atoms with Crippen molar-refractivity contribution in [2.24, 2.45) is 5.73 Å². The number of nitrogens with zero attached hydrogens (tertiary/aromatic N) is 1. The molecule has 0 radical (unpaired) electrons. The SMILES string of the molecule is C=CCNC(=O)C(C)N(CC)C1CCC(N)CC1. The maximum Gasteiger partial charge on any atom is 0.237 e. The predicted molar refractivity (Wildman–Crippen MR) is 75.3 cm³/mol. The molecule has 4 nitrogen and oxygen atoms in total. The van der Waals surface area contributed by atoms with Crippen LogP contribution in [0.3, 0.4) is 0 Å². The molecule has 1 unspecified atom stereocenters. The lowest BCUT2D eigenvalue weighted by molar-refractivity contribution is -0.126. The second-order valence-electron chi connectivity index (χ2n) is 5.11. The number of hydrogen-bond acceptors (Lipinski definition) is 3. The number of nitrogens with two attached hydrogens (primary N) is 1. The molecule has 1 atom stereocenters. The van der Waals surface area contributed by atoms with Gasteiger partial charge in [-0.15, -0.1) is 6.58 Å². The summed E-state index contributed by atoms with van der Waals surface area (Å²) in [7, 11) is 0. The molecule has 0 saturated heterocycles. The highest BCUT2D eigenvalue weighted by Gasteiger charge is 2.29. The summed E-state index contributed by atoms with van der Waals surface area (Å²) < 4.78 is 0. The number of rotatable bonds is 6. The van der Waals surface area contributed by atoms with Crippen molar-refractivity contribution >= 4 is 5.91 Å². The van der Waals surface area contributed by atoms with E-state index in [1.54, 1.807) is 6.08 Å². The fraction of sp³-hybridized carbons (Fsp3) is 0.786. The summed E-state index contributed by atoms with van der Waals surface area (Å²) in [5.41, 5.74) is 5.93. The van der Waals surface area contributed by atoms with Crippen LogP contribution in [0.2, 0.25) is 0 Å². The number of amides is 1. The Labute approximate surface area is 111 Å². The number of nitrogens with one attached hydrogen (secondary N) is 1. The second kappa shape index (κ2) is 7.54. The Bertz CT molecular complexity index is 272. The summed E-state index contributed by atoms with van der Waals surface area (Å²) in [4.78, 5) is 14.3. The average Bonchev–Trinajstić information content (AvgIpc) is 2.38. The zero-order valence-electron chi connectivity index (χ0n) is 11.7. The summed E-state index contributed by atoms with van der Waals surface area (Å²) in [6.45, 7) is 9.16. The molecule has 4 heteroatoms. The molecule has 1 fully saturated rings. The summed E-state index contributed by atoms with van der Waals surface area (Å²) >= 11 is 0. The van der Waals surface area contributed by atoms with Gasteiger partial charge in [0.05, 0.1) is 6.04 Å². The Kier molecular flexibility index (Phi) is 6.36. The van der Waals surface area contributed by atoms with Crippen LogP contribution in [0, 0.1) is 0 Å². The zero-order chi connectivity index (χ0) is 13.5. The lowest BCUT2D eigenvalue weighted by Crippen LogP contribution is -2.51. The van der Waals surface area contributed by atoms with Crippen molar-refractivity contribution in [3.05, 3.63) is 12.7 Å². The largest absolute Gasteiger partial charge is 0.351 e. The van der Waals surface area contributed by atoms with E-state index in [-0.39, 0.29) is 11.9 Å². The van der Waals surface area contributed by atoms with Crippen molar-refractivity contribution in [1.82, 2.24) is 10.2 Å². The summed E-state index contributed by atoms with van der Waals surface area (Å²) in [5, 5.41) is 2.87. The van der Waals surface area contributed by atoms with Gasteiger partial charge in [0.2, 0.25) is 5.91 Å². The molecule has 3 N–H and O–H groups in total. The van der Waals surface area contributed by atoms with Gasteiger partial charge in [-0.2, -0.15) is 0 Å². The smallest absolute Gasteiger partial charge is 0.237 e. The molecule has 0 aromatic carbocycles. The Hall–Kier alpha value is -0.870. The van der Waals surface area contributed by atoms with E-state index in [1.165, 1.54) is 0 Å². The molecule has 0 aliphatic heterocycles. The topological polar surface area (TPSA) is 58.4 Å². The molecular weight excluding hydrogens is 226 g/mol. The third kappa shape index (κ3) is 4.10. The van der Waals surface area contributed by atoms with Crippen LogP contribution in [-0.2, 0) is 4.79 Å². The first kappa shape index (κ1) is 15.2. The van der Waals surface area contributed by atoms with Crippen LogP contribution in [-0.4, -0.2) is 42.0 Å². The van der Waals surface area contributed by atoms with Gasteiger partial charge in [0.25, 0.3) is 0 Å². The number of likely N-dealkylation sites (N-methyl/N-ethyl adjacent to an activating group) is 1. The molecule has 1 rings (SSSR count). The summed E-state index contributed by atoms with van der Waals surface area (Å²) in [6.07, 6.45) is 6.06. The van der Waals surface area contributed by atoms with Crippen LogP contribution in [0.15, 0.2) is 12.7 Å². The maximum absolute atomic E-state index is 12.0. The van der Waals surface area contributed by atoms with Gasteiger partial charge in [-0.25, -0.2) is 0 Å². The van der Waals surface area contributed by atoms with Gasteiger partial charge in [0.1, 0.15) is 0 Å². The Morgan fingerprint density at radius 1 is 1.50 bits per heavy atom. The van der Waals surface area contributed by atoms with E-state index in [4.69, 9.17) is 5.73 Å². The van der Waals surface area contributed by atoms with Gasteiger partial charge >= 0.3 is 0 Å².